The average molecular weight is 419 g/mol. The summed E-state index contributed by atoms with van der Waals surface area (Å²) in [6.45, 7) is 6.56. The highest BCUT2D eigenvalue weighted by atomic mass is 35.5. The van der Waals surface area contributed by atoms with Gasteiger partial charge in [0.25, 0.3) is 0 Å². The Kier molecular flexibility index (Phi) is 5.80. The van der Waals surface area contributed by atoms with Gasteiger partial charge in [-0.1, -0.05) is 11.6 Å². The van der Waals surface area contributed by atoms with E-state index in [1.807, 2.05) is 4.57 Å². The fourth-order valence-electron chi connectivity index (χ4n) is 3.74. The van der Waals surface area contributed by atoms with Gasteiger partial charge in [0.15, 0.2) is 6.61 Å². The van der Waals surface area contributed by atoms with Crippen LogP contribution in [0.1, 0.15) is 72.6 Å². The number of rotatable bonds is 6. The Labute approximate surface area is 174 Å². The first-order chi connectivity index (χ1) is 13.7. The second-order valence-electron chi connectivity index (χ2n) is 7.26. The lowest BCUT2D eigenvalue weighted by molar-refractivity contribution is 0.0472. The summed E-state index contributed by atoms with van der Waals surface area (Å²) in [6, 6.07) is 1.99. The van der Waals surface area contributed by atoms with Gasteiger partial charge in [0.1, 0.15) is 5.15 Å². The maximum Gasteiger partial charge on any atom is 0.342 e. The molecule has 0 bridgehead atoms. The number of ketones is 1. The van der Waals surface area contributed by atoms with Gasteiger partial charge in [-0.25, -0.2) is 14.6 Å². The third kappa shape index (κ3) is 3.92. The Hall–Kier alpha value is -2.67. The Bertz CT molecular complexity index is 998. The van der Waals surface area contributed by atoms with Crippen LogP contribution in [0, 0.1) is 27.7 Å². The molecule has 2 heterocycles. The van der Waals surface area contributed by atoms with E-state index in [4.69, 9.17) is 21.1 Å². The Morgan fingerprint density at radius 1 is 1.07 bits per heavy atom. The van der Waals surface area contributed by atoms with Crippen LogP contribution in [0.15, 0.2) is 6.07 Å². The minimum atomic E-state index is -0.732. The van der Waals surface area contributed by atoms with Crippen LogP contribution in [0.5, 0.6) is 0 Å². The maximum atomic E-state index is 12.9. The van der Waals surface area contributed by atoms with Gasteiger partial charge >= 0.3 is 11.9 Å². The van der Waals surface area contributed by atoms with Gasteiger partial charge in [-0.05, 0) is 52.2 Å². The molecule has 1 fully saturated rings. The van der Waals surface area contributed by atoms with E-state index in [-0.39, 0.29) is 27.9 Å². The smallest absolute Gasteiger partial charge is 0.342 e. The number of Topliss-reactive ketones (excluding diaryl/α,β-unsaturated/α-hetero) is 1. The molecule has 0 unspecified atom stereocenters. The summed E-state index contributed by atoms with van der Waals surface area (Å²) in [6.07, 6.45) is 2.00. The molecule has 0 radical (unpaired) electrons. The van der Waals surface area contributed by atoms with Crippen molar-refractivity contribution in [3.63, 3.8) is 0 Å². The van der Waals surface area contributed by atoms with Crippen molar-refractivity contribution in [2.75, 3.05) is 13.7 Å². The molecule has 3 rings (SSSR count). The van der Waals surface area contributed by atoms with E-state index in [2.05, 4.69) is 4.98 Å². The number of hydrogen-bond acceptors (Lipinski definition) is 6. The van der Waals surface area contributed by atoms with Crippen LogP contribution in [0.3, 0.4) is 0 Å². The molecule has 0 aromatic carbocycles. The standard InChI is InChI=1S/C21H23ClN2O5/c1-10-8-11(2)23-19(22)16(10)21(27)29-9-15(25)17-12(3)24(14-6-7-14)13(4)18(17)20(26)28-5/h8,14H,6-7,9H2,1-5H3. The van der Waals surface area contributed by atoms with Crippen molar-refractivity contribution in [2.45, 2.75) is 46.6 Å². The molecule has 2 aromatic heterocycles. The number of halogens is 1. The van der Waals surface area contributed by atoms with Crippen LogP contribution >= 0.6 is 11.6 Å². The molecule has 1 aliphatic rings. The summed E-state index contributed by atoms with van der Waals surface area (Å²) in [4.78, 5) is 41.8. The monoisotopic (exact) mass is 418 g/mol. The molecule has 1 aliphatic carbocycles. The lowest BCUT2D eigenvalue weighted by Crippen LogP contribution is -2.18. The zero-order valence-corrected chi connectivity index (χ0v) is 17.8. The summed E-state index contributed by atoms with van der Waals surface area (Å²) >= 11 is 6.08. The number of ether oxygens (including phenoxy) is 2. The molecular weight excluding hydrogens is 396 g/mol. The number of esters is 2. The summed E-state index contributed by atoms with van der Waals surface area (Å²) < 4.78 is 12.1. The third-order valence-electron chi connectivity index (χ3n) is 5.12. The second-order valence-corrected chi connectivity index (χ2v) is 7.62. The van der Waals surface area contributed by atoms with E-state index in [0.29, 0.717) is 22.6 Å². The van der Waals surface area contributed by atoms with Crippen molar-refractivity contribution >= 4 is 29.3 Å². The highest BCUT2D eigenvalue weighted by Crippen LogP contribution is 2.40. The molecule has 154 valence electrons. The molecule has 0 amide bonds. The first-order valence-electron chi connectivity index (χ1n) is 9.31. The highest BCUT2D eigenvalue weighted by molar-refractivity contribution is 6.32. The fourth-order valence-corrected chi connectivity index (χ4v) is 4.10. The minimum absolute atomic E-state index is 0.0297. The molecule has 7 nitrogen and oxygen atoms in total. The number of carbonyl (C=O) groups excluding carboxylic acids is 3. The average Bonchev–Trinajstić information content (AvgIpc) is 3.43. The van der Waals surface area contributed by atoms with Crippen LogP contribution in [-0.4, -0.2) is 41.0 Å². The maximum absolute atomic E-state index is 12.9. The second kappa shape index (κ2) is 7.99. The van der Waals surface area contributed by atoms with E-state index >= 15 is 0 Å². The molecule has 29 heavy (non-hydrogen) atoms. The number of pyridine rings is 1. The lowest BCUT2D eigenvalue weighted by Gasteiger charge is -2.10. The first kappa shape index (κ1) is 21.0. The minimum Gasteiger partial charge on any atom is -0.465 e. The first-order valence-corrected chi connectivity index (χ1v) is 9.68. The lowest BCUT2D eigenvalue weighted by atomic mass is 10.1. The van der Waals surface area contributed by atoms with Gasteiger partial charge in [-0.2, -0.15) is 0 Å². The Morgan fingerprint density at radius 2 is 1.69 bits per heavy atom. The fraction of sp³-hybridized carbons (Fsp3) is 0.429. The summed E-state index contributed by atoms with van der Waals surface area (Å²) in [5, 5.41) is 0.0297. The summed E-state index contributed by atoms with van der Waals surface area (Å²) in [5.74, 6) is -1.78. The van der Waals surface area contributed by atoms with Crippen molar-refractivity contribution < 1.29 is 23.9 Å². The van der Waals surface area contributed by atoms with E-state index in [0.717, 1.165) is 12.8 Å². The molecular formula is C21H23ClN2O5. The Morgan fingerprint density at radius 3 is 2.24 bits per heavy atom. The van der Waals surface area contributed by atoms with Crippen molar-refractivity contribution in [3.8, 4) is 0 Å². The van der Waals surface area contributed by atoms with Gasteiger partial charge in [-0.3, -0.25) is 4.79 Å². The van der Waals surface area contributed by atoms with Gasteiger partial charge in [-0.15, -0.1) is 0 Å². The normalized spacial score (nSPS) is 13.3. The number of carbonyl (C=O) groups is 3. The largest absolute Gasteiger partial charge is 0.465 e. The molecule has 2 aromatic rings. The predicted molar refractivity (Wildman–Crippen MR) is 107 cm³/mol. The quantitative estimate of drug-likeness (QED) is 0.401. The summed E-state index contributed by atoms with van der Waals surface area (Å²) in [7, 11) is 1.27. The van der Waals surface area contributed by atoms with Crippen LogP contribution in [-0.2, 0) is 9.47 Å². The van der Waals surface area contributed by atoms with Crippen molar-refractivity contribution in [1.29, 1.82) is 0 Å². The predicted octanol–water partition coefficient (Wildman–Crippen LogP) is 3.93. The van der Waals surface area contributed by atoms with E-state index < -0.39 is 24.3 Å². The van der Waals surface area contributed by atoms with E-state index in [1.165, 1.54) is 7.11 Å². The molecule has 0 N–H and O–H groups in total. The van der Waals surface area contributed by atoms with Gasteiger partial charge in [0, 0.05) is 23.1 Å². The van der Waals surface area contributed by atoms with E-state index in [1.54, 1.807) is 33.8 Å². The van der Waals surface area contributed by atoms with Crippen molar-refractivity contribution in [3.05, 3.63) is 50.6 Å². The van der Waals surface area contributed by atoms with Gasteiger partial charge < -0.3 is 14.0 Å². The number of nitrogens with zero attached hydrogens (tertiary/aromatic N) is 2. The topological polar surface area (TPSA) is 87.5 Å². The molecule has 0 spiro atoms. The number of aromatic nitrogens is 2. The Balaban J connectivity index is 1.87. The SMILES string of the molecule is COC(=O)c1c(C(=O)COC(=O)c2c(C)cc(C)nc2Cl)c(C)n(C2CC2)c1C. The number of methoxy groups -OCH3 is 1. The number of aryl methyl sites for hydroxylation is 2. The molecule has 8 heteroatoms. The van der Waals surface area contributed by atoms with Crippen molar-refractivity contribution in [2.24, 2.45) is 0 Å². The third-order valence-corrected chi connectivity index (χ3v) is 5.39. The van der Waals surface area contributed by atoms with Gasteiger partial charge in [0.2, 0.25) is 5.78 Å². The molecule has 1 saturated carbocycles. The molecule has 0 aliphatic heterocycles. The van der Waals surface area contributed by atoms with Crippen LogP contribution < -0.4 is 0 Å². The highest BCUT2D eigenvalue weighted by Gasteiger charge is 2.34. The van der Waals surface area contributed by atoms with E-state index in [9.17, 15) is 14.4 Å². The number of hydrogen-bond donors (Lipinski definition) is 0. The van der Waals surface area contributed by atoms with Gasteiger partial charge in [0.05, 0.1) is 23.8 Å². The molecule has 0 saturated heterocycles. The van der Waals surface area contributed by atoms with Crippen LogP contribution in [0.4, 0.5) is 0 Å². The zero-order chi connectivity index (χ0) is 21.5. The molecule has 0 atom stereocenters. The zero-order valence-electron chi connectivity index (χ0n) is 17.1. The summed E-state index contributed by atoms with van der Waals surface area (Å²) in [5.41, 5.74) is 3.24. The van der Waals surface area contributed by atoms with Crippen LogP contribution in [0.25, 0.3) is 0 Å². The van der Waals surface area contributed by atoms with Crippen molar-refractivity contribution in [1.82, 2.24) is 9.55 Å². The van der Waals surface area contributed by atoms with Crippen LogP contribution in [0.2, 0.25) is 5.15 Å².